The zero-order chi connectivity index (χ0) is 16.2. The van der Waals surface area contributed by atoms with Crippen LogP contribution in [0.2, 0.25) is 0 Å². The lowest BCUT2D eigenvalue weighted by Gasteiger charge is -2.37. The molecule has 3 heterocycles. The fourth-order valence-electron chi connectivity index (χ4n) is 3.64. The maximum atomic E-state index is 12.0. The molecule has 3 rings (SSSR count). The van der Waals surface area contributed by atoms with Gasteiger partial charge in [-0.1, -0.05) is 6.92 Å². The summed E-state index contributed by atoms with van der Waals surface area (Å²) in [5, 5.41) is 2.71. The first-order valence-corrected chi connectivity index (χ1v) is 8.61. The Hall–Kier alpha value is -1.66. The predicted molar refractivity (Wildman–Crippen MR) is 91.9 cm³/mol. The fraction of sp³-hybridized carbons (Fsp3) is 0.647. The highest BCUT2D eigenvalue weighted by molar-refractivity contribution is 5.98. The van der Waals surface area contributed by atoms with E-state index in [0.29, 0.717) is 11.6 Å². The summed E-state index contributed by atoms with van der Waals surface area (Å²) >= 11 is 0. The number of likely N-dealkylation sites (N-methyl/N-ethyl adjacent to an activating group) is 1. The number of carbonyl (C=O) groups excluding carboxylic acids is 1. The standard InChI is InChI=1S/C17H27N5O/c1-3-20-9-11-21(12-10-20)14-6-8-22(13-14)16-15(17(23)18-2)5-4-7-19-16/h4-5,7,14H,3,6,8-13H2,1-2H3,(H,18,23). The molecular formula is C17H27N5O. The lowest BCUT2D eigenvalue weighted by atomic mass is 10.2. The Kier molecular flexibility index (Phi) is 5.13. The summed E-state index contributed by atoms with van der Waals surface area (Å²) in [5.74, 6) is 0.759. The van der Waals surface area contributed by atoms with E-state index in [1.54, 1.807) is 13.2 Å². The van der Waals surface area contributed by atoms with Gasteiger partial charge < -0.3 is 15.1 Å². The van der Waals surface area contributed by atoms with Crippen molar-refractivity contribution in [1.82, 2.24) is 20.1 Å². The second-order valence-corrected chi connectivity index (χ2v) is 6.31. The van der Waals surface area contributed by atoms with Crippen molar-refractivity contribution in [1.29, 1.82) is 0 Å². The normalized spacial score (nSPS) is 23.2. The Bertz CT molecular complexity index is 542. The maximum absolute atomic E-state index is 12.0. The maximum Gasteiger partial charge on any atom is 0.254 e. The number of pyridine rings is 1. The Balaban J connectivity index is 1.65. The van der Waals surface area contributed by atoms with Crippen molar-refractivity contribution in [3.05, 3.63) is 23.9 Å². The topological polar surface area (TPSA) is 51.7 Å². The molecule has 0 spiro atoms. The van der Waals surface area contributed by atoms with Gasteiger partial charge >= 0.3 is 0 Å². The van der Waals surface area contributed by atoms with Gasteiger partial charge in [0.05, 0.1) is 5.56 Å². The first kappa shape index (κ1) is 16.2. The van der Waals surface area contributed by atoms with Gasteiger partial charge in [0.25, 0.3) is 5.91 Å². The van der Waals surface area contributed by atoms with E-state index in [9.17, 15) is 4.79 Å². The minimum absolute atomic E-state index is 0.0619. The van der Waals surface area contributed by atoms with E-state index >= 15 is 0 Å². The lowest BCUT2D eigenvalue weighted by Crippen LogP contribution is -2.50. The van der Waals surface area contributed by atoms with Crippen molar-refractivity contribution in [2.24, 2.45) is 0 Å². The number of nitrogens with zero attached hydrogens (tertiary/aromatic N) is 4. The summed E-state index contributed by atoms with van der Waals surface area (Å²) < 4.78 is 0. The largest absolute Gasteiger partial charge is 0.355 e. The van der Waals surface area contributed by atoms with Crippen LogP contribution in [0.4, 0.5) is 5.82 Å². The van der Waals surface area contributed by atoms with Crippen LogP contribution in [0.3, 0.4) is 0 Å². The van der Waals surface area contributed by atoms with E-state index in [1.807, 2.05) is 12.1 Å². The Labute approximate surface area is 138 Å². The Morgan fingerprint density at radius 1 is 1.30 bits per heavy atom. The van der Waals surface area contributed by atoms with Crippen LogP contribution >= 0.6 is 0 Å². The van der Waals surface area contributed by atoms with E-state index in [0.717, 1.165) is 45.0 Å². The van der Waals surface area contributed by atoms with Crippen LogP contribution in [0.5, 0.6) is 0 Å². The predicted octanol–water partition coefficient (Wildman–Crippen LogP) is 0.657. The van der Waals surface area contributed by atoms with Crippen LogP contribution in [0.25, 0.3) is 0 Å². The van der Waals surface area contributed by atoms with Crippen LogP contribution in [0, 0.1) is 0 Å². The van der Waals surface area contributed by atoms with Crippen LogP contribution in [-0.2, 0) is 0 Å². The Morgan fingerprint density at radius 3 is 2.78 bits per heavy atom. The number of anilines is 1. The van der Waals surface area contributed by atoms with E-state index in [4.69, 9.17) is 0 Å². The molecule has 1 aromatic rings. The summed E-state index contributed by atoms with van der Waals surface area (Å²) in [4.78, 5) is 23.9. The first-order valence-electron chi connectivity index (χ1n) is 8.61. The summed E-state index contributed by atoms with van der Waals surface area (Å²) in [6.45, 7) is 9.95. The van der Waals surface area contributed by atoms with Crippen LogP contribution in [0.15, 0.2) is 18.3 Å². The average Bonchev–Trinajstić information content (AvgIpc) is 3.11. The van der Waals surface area contributed by atoms with Crippen molar-refractivity contribution in [3.8, 4) is 0 Å². The molecule has 1 amide bonds. The van der Waals surface area contributed by atoms with Gasteiger partial charge in [0.2, 0.25) is 0 Å². The number of carbonyl (C=O) groups is 1. The summed E-state index contributed by atoms with van der Waals surface area (Å²) in [6, 6.07) is 4.26. The lowest BCUT2D eigenvalue weighted by molar-refractivity contribution is 0.0963. The molecule has 0 aliphatic carbocycles. The van der Waals surface area contributed by atoms with Crippen molar-refractivity contribution < 1.29 is 4.79 Å². The van der Waals surface area contributed by atoms with Gasteiger partial charge in [-0.15, -0.1) is 0 Å². The van der Waals surface area contributed by atoms with Crippen molar-refractivity contribution in [3.63, 3.8) is 0 Å². The zero-order valence-corrected chi connectivity index (χ0v) is 14.2. The molecule has 6 nitrogen and oxygen atoms in total. The molecule has 126 valence electrons. The van der Waals surface area contributed by atoms with Gasteiger partial charge in [-0.05, 0) is 25.1 Å². The van der Waals surface area contributed by atoms with Crippen LogP contribution in [-0.4, -0.2) is 79.6 Å². The number of amides is 1. The van der Waals surface area contributed by atoms with Crippen molar-refractivity contribution in [2.75, 3.05) is 57.8 Å². The zero-order valence-electron chi connectivity index (χ0n) is 14.2. The number of rotatable bonds is 4. The number of hydrogen-bond acceptors (Lipinski definition) is 5. The third-order valence-electron chi connectivity index (χ3n) is 5.09. The summed E-state index contributed by atoms with van der Waals surface area (Å²) in [6.07, 6.45) is 2.92. The number of piperazine rings is 1. The van der Waals surface area contributed by atoms with Crippen molar-refractivity contribution >= 4 is 11.7 Å². The molecule has 0 aromatic carbocycles. The van der Waals surface area contributed by atoms with E-state index in [1.165, 1.54) is 13.1 Å². The Morgan fingerprint density at radius 2 is 2.09 bits per heavy atom. The molecule has 2 fully saturated rings. The first-order chi connectivity index (χ1) is 11.2. The molecule has 1 unspecified atom stereocenters. The number of nitrogens with one attached hydrogen (secondary N) is 1. The molecule has 1 atom stereocenters. The van der Waals surface area contributed by atoms with Crippen molar-refractivity contribution in [2.45, 2.75) is 19.4 Å². The van der Waals surface area contributed by atoms with Crippen LogP contribution < -0.4 is 10.2 Å². The number of hydrogen-bond donors (Lipinski definition) is 1. The van der Waals surface area contributed by atoms with Gasteiger partial charge in [0.1, 0.15) is 5.82 Å². The summed E-state index contributed by atoms with van der Waals surface area (Å²) in [5.41, 5.74) is 0.673. The minimum atomic E-state index is -0.0619. The summed E-state index contributed by atoms with van der Waals surface area (Å²) in [7, 11) is 1.67. The highest BCUT2D eigenvalue weighted by Crippen LogP contribution is 2.25. The van der Waals surface area contributed by atoms with Gasteiger partial charge in [-0.2, -0.15) is 0 Å². The van der Waals surface area contributed by atoms with E-state index < -0.39 is 0 Å². The smallest absolute Gasteiger partial charge is 0.254 e. The fourth-order valence-corrected chi connectivity index (χ4v) is 3.64. The molecule has 2 saturated heterocycles. The highest BCUT2D eigenvalue weighted by Gasteiger charge is 2.31. The van der Waals surface area contributed by atoms with Gasteiger partial charge in [0, 0.05) is 58.6 Å². The molecular weight excluding hydrogens is 290 g/mol. The molecule has 2 aliphatic rings. The second-order valence-electron chi connectivity index (χ2n) is 6.31. The van der Waals surface area contributed by atoms with Crippen LogP contribution in [0.1, 0.15) is 23.7 Å². The number of aromatic nitrogens is 1. The third-order valence-corrected chi connectivity index (χ3v) is 5.09. The molecule has 1 N–H and O–H groups in total. The second kappa shape index (κ2) is 7.27. The SMILES string of the molecule is CCN1CCN(C2CCN(c3ncccc3C(=O)NC)C2)CC1. The quantitative estimate of drug-likeness (QED) is 0.884. The average molecular weight is 317 g/mol. The molecule has 6 heteroatoms. The monoisotopic (exact) mass is 317 g/mol. The minimum Gasteiger partial charge on any atom is -0.355 e. The molecule has 0 saturated carbocycles. The highest BCUT2D eigenvalue weighted by atomic mass is 16.1. The molecule has 2 aliphatic heterocycles. The van der Waals surface area contributed by atoms with Gasteiger partial charge in [0.15, 0.2) is 0 Å². The van der Waals surface area contributed by atoms with E-state index in [2.05, 4.69) is 31.9 Å². The van der Waals surface area contributed by atoms with E-state index in [-0.39, 0.29) is 5.91 Å². The molecule has 0 bridgehead atoms. The molecule has 0 radical (unpaired) electrons. The van der Waals surface area contributed by atoms with Gasteiger partial charge in [-0.25, -0.2) is 4.98 Å². The van der Waals surface area contributed by atoms with Gasteiger partial charge in [-0.3, -0.25) is 9.69 Å². The third kappa shape index (κ3) is 3.48. The molecule has 23 heavy (non-hydrogen) atoms. The molecule has 1 aromatic heterocycles.